The summed E-state index contributed by atoms with van der Waals surface area (Å²) in [7, 11) is 1.56. The van der Waals surface area contributed by atoms with Crippen molar-refractivity contribution in [1.29, 1.82) is 0 Å². The van der Waals surface area contributed by atoms with E-state index in [1.807, 2.05) is 31.2 Å². The Morgan fingerprint density at radius 3 is 2.76 bits per heavy atom. The number of anilines is 3. The van der Waals surface area contributed by atoms with Crippen molar-refractivity contribution in [3.8, 4) is 0 Å². The number of rotatable bonds is 7. The normalized spacial score (nSPS) is 13.5. The molecule has 0 radical (unpaired) electrons. The molecular weight excluding hydrogens is 450 g/mol. The Morgan fingerprint density at radius 2 is 2.03 bits per heavy atom. The molecule has 4 aromatic rings. The summed E-state index contributed by atoms with van der Waals surface area (Å²) >= 11 is 1.30. The number of aromatic nitrogens is 4. The highest BCUT2D eigenvalue weighted by Gasteiger charge is 2.37. The number of fused-ring (bicyclic) bond motifs is 1. The van der Waals surface area contributed by atoms with Crippen molar-refractivity contribution < 1.29 is 9.59 Å². The number of thiazole rings is 1. The number of pyridine rings is 1. The fraction of sp³-hybridized carbons (Fsp3) is 0.292. The molecule has 0 bridgehead atoms. The minimum atomic E-state index is -0.194. The fourth-order valence-electron chi connectivity index (χ4n) is 3.49. The molecule has 34 heavy (non-hydrogen) atoms. The van der Waals surface area contributed by atoms with Crippen LogP contribution >= 0.6 is 11.3 Å². The van der Waals surface area contributed by atoms with E-state index in [2.05, 4.69) is 44.1 Å². The summed E-state index contributed by atoms with van der Waals surface area (Å²) in [6.07, 6.45) is 7.46. The van der Waals surface area contributed by atoms with Crippen molar-refractivity contribution >= 4 is 51.2 Å². The van der Waals surface area contributed by atoms with Gasteiger partial charge < -0.3 is 16.0 Å². The number of aromatic amines is 1. The third-order valence-corrected chi connectivity index (χ3v) is 6.58. The molecular formula is C24H27N7O2S. The van der Waals surface area contributed by atoms with Gasteiger partial charge in [-0.05, 0) is 55.4 Å². The summed E-state index contributed by atoms with van der Waals surface area (Å²) in [6.45, 7) is 4.26. The molecule has 3 heterocycles. The van der Waals surface area contributed by atoms with Crippen LogP contribution in [0.5, 0.6) is 0 Å². The van der Waals surface area contributed by atoms with Crippen LogP contribution in [0.2, 0.25) is 0 Å². The SMILES string of the molecule is CNC=O.Cc1ccc2[nH]ncc2c1NC(=O)c1cnc(Nc2cccc(CC3(C)CC3)n2)s1. The Labute approximate surface area is 201 Å². The van der Waals surface area contributed by atoms with Gasteiger partial charge in [0.1, 0.15) is 10.7 Å². The first-order valence-electron chi connectivity index (χ1n) is 10.9. The fourth-order valence-corrected chi connectivity index (χ4v) is 4.21. The van der Waals surface area contributed by atoms with Gasteiger partial charge in [-0.25, -0.2) is 9.97 Å². The van der Waals surface area contributed by atoms with Gasteiger partial charge >= 0.3 is 0 Å². The molecule has 1 fully saturated rings. The third kappa shape index (κ3) is 5.57. The monoisotopic (exact) mass is 477 g/mol. The van der Waals surface area contributed by atoms with E-state index in [-0.39, 0.29) is 5.91 Å². The van der Waals surface area contributed by atoms with Crippen LogP contribution in [0.15, 0.2) is 42.7 Å². The Balaban J connectivity index is 0.000000636. The number of hydrogen-bond donors (Lipinski definition) is 4. The lowest BCUT2D eigenvalue weighted by molar-refractivity contribution is -0.109. The lowest BCUT2D eigenvalue weighted by Gasteiger charge is -2.09. The standard InChI is InChI=1S/C22H22N6OS.C2H5NO/c1-13-6-7-16-15(11-24-28-16)19(13)27-20(29)17-12-23-21(30-17)26-18-5-3-4-14(25-18)10-22(2)8-9-22;1-3-2-4/h3-7,11-12H,8-10H2,1-2H3,(H,24,28)(H,27,29)(H,23,25,26);2H,1H3,(H,3,4). The minimum absolute atomic E-state index is 0.194. The Hall–Kier alpha value is -3.79. The van der Waals surface area contributed by atoms with E-state index in [1.54, 1.807) is 19.4 Å². The summed E-state index contributed by atoms with van der Waals surface area (Å²) in [5, 5.41) is 17.0. The molecule has 0 aliphatic heterocycles. The average Bonchev–Trinajstić information content (AvgIpc) is 3.20. The lowest BCUT2D eigenvalue weighted by atomic mass is 10.0. The highest BCUT2D eigenvalue weighted by Crippen LogP contribution is 2.47. The number of nitrogens with one attached hydrogen (secondary N) is 4. The highest BCUT2D eigenvalue weighted by molar-refractivity contribution is 7.17. The van der Waals surface area contributed by atoms with E-state index in [4.69, 9.17) is 9.78 Å². The quantitative estimate of drug-likeness (QED) is 0.292. The van der Waals surface area contributed by atoms with Crippen LogP contribution in [0, 0.1) is 12.3 Å². The number of H-pyrrole nitrogens is 1. The van der Waals surface area contributed by atoms with E-state index in [0.29, 0.717) is 21.8 Å². The molecule has 9 nitrogen and oxygen atoms in total. The van der Waals surface area contributed by atoms with E-state index in [0.717, 1.165) is 40.1 Å². The zero-order valence-corrected chi connectivity index (χ0v) is 20.1. The maximum absolute atomic E-state index is 12.8. The first kappa shape index (κ1) is 23.4. The molecule has 1 aliphatic carbocycles. The van der Waals surface area contributed by atoms with E-state index in [9.17, 15) is 4.79 Å². The summed E-state index contributed by atoms with van der Waals surface area (Å²) in [4.78, 5) is 31.4. The van der Waals surface area contributed by atoms with Crippen molar-refractivity contribution in [3.05, 3.63) is 58.9 Å². The highest BCUT2D eigenvalue weighted by atomic mass is 32.1. The molecule has 0 unspecified atom stereocenters. The summed E-state index contributed by atoms with van der Waals surface area (Å²) in [6, 6.07) is 9.90. The Bertz CT molecular complexity index is 1310. The van der Waals surface area contributed by atoms with Crippen molar-refractivity contribution in [3.63, 3.8) is 0 Å². The smallest absolute Gasteiger partial charge is 0.267 e. The molecule has 0 saturated heterocycles. The molecule has 176 valence electrons. The number of carbonyl (C=O) groups excluding carboxylic acids is 2. The topological polar surface area (TPSA) is 125 Å². The third-order valence-electron chi connectivity index (χ3n) is 5.67. The number of amides is 2. The maximum atomic E-state index is 12.8. The van der Waals surface area contributed by atoms with Gasteiger partial charge in [0.05, 0.1) is 23.6 Å². The predicted octanol–water partition coefficient (Wildman–Crippen LogP) is 4.42. The number of hydrogen-bond acceptors (Lipinski definition) is 7. The second-order valence-electron chi connectivity index (χ2n) is 8.61. The zero-order chi connectivity index (χ0) is 24.1. The first-order valence-corrected chi connectivity index (χ1v) is 11.8. The molecule has 5 rings (SSSR count). The van der Waals surface area contributed by atoms with Gasteiger partial charge in [0, 0.05) is 18.1 Å². The molecule has 1 aromatic carbocycles. The van der Waals surface area contributed by atoms with E-state index < -0.39 is 0 Å². The van der Waals surface area contributed by atoms with Crippen LogP contribution in [0.4, 0.5) is 16.6 Å². The molecule has 10 heteroatoms. The number of benzene rings is 1. The van der Waals surface area contributed by atoms with Crippen molar-refractivity contribution in [2.24, 2.45) is 5.41 Å². The van der Waals surface area contributed by atoms with Gasteiger partial charge in [-0.15, -0.1) is 0 Å². The van der Waals surface area contributed by atoms with Crippen LogP contribution in [-0.2, 0) is 11.2 Å². The van der Waals surface area contributed by atoms with Crippen LogP contribution < -0.4 is 16.0 Å². The largest absolute Gasteiger partial charge is 0.362 e. The second-order valence-corrected chi connectivity index (χ2v) is 9.64. The number of carbonyl (C=O) groups is 2. The average molecular weight is 478 g/mol. The number of aryl methyl sites for hydroxylation is 1. The van der Waals surface area contributed by atoms with Gasteiger partial charge in [0.2, 0.25) is 6.41 Å². The molecule has 1 aliphatic rings. The van der Waals surface area contributed by atoms with Gasteiger partial charge in [0.25, 0.3) is 5.91 Å². The van der Waals surface area contributed by atoms with Crippen LogP contribution in [-0.4, -0.2) is 39.5 Å². The van der Waals surface area contributed by atoms with Crippen molar-refractivity contribution in [2.75, 3.05) is 17.7 Å². The van der Waals surface area contributed by atoms with Crippen LogP contribution in [0.25, 0.3) is 10.9 Å². The maximum Gasteiger partial charge on any atom is 0.267 e. The lowest BCUT2D eigenvalue weighted by Crippen LogP contribution is -2.11. The Morgan fingerprint density at radius 1 is 1.24 bits per heavy atom. The second kappa shape index (κ2) is 10.0. The summed E-state index contributed by atoms with van der Waals surface area (Å²) in [5.41, 5.74) is 4.11. The van der Waals surface area contributed by atoms with Crippen LogP contribution in [0.1, 0.15) is 40.7 Å². The molecule has 0 atom stereocenters. The van der Waals surface area contributed by atoms with Gasteiger partial charge in [-0.3, -0.25) is 14.7 Å². The van der Waals surface area contributed by atoms with E-state index in [1.165, 1.54) is 24.2 Å². The molecule has 1 saturated carbocycles. The summed E-state index contributed by atoms with van der Waals surface area (Å²) < 4.78 is 0. The molecule has 2 amide bonds. The van der Waals surface area contributed by atoms with Crippen molar-refractivity contribution in [2.45, 2.75) is 33.1 Å². The molecule has 3 aromatic heterocycles. The predicted molar refractivity (Wildman–Crippen MR) is 135 cm³/mol. The van der Waals surface area contributed by atoms with E-state index >= 15 is 0 Å². The van der Waals surface area contributed by atoms with Crippen molar-refractivity contribution in [1.82, 2.24) is 25.5 Å². The molecule has 0 spiro atoms. The molecule has 4 N–H and O–H groups in total. The van der Waals surface area contributed by atoms with Gasteiger partial charge in [-0.1, -0.05) is 30.4 Å². The Kier molecular flexibility index (Phi) is 6.87. The summed E-state index contributed by atoms with van der Waals surface area (Å²) in [5.74, 6) is 0.554. The zero-order valence-electron chi connectivity index (χ0n) is 19.3. The first-order chi connectivity index (χ1) is 16.4. The van der Waals surface area contributed by atoms with Gasteiger partial charge in [-0.2, -0.15) is 5.10 Å². The van der Waals surface area contributed by atoms with Crippen LogP contribution in [0.3, 0.4) is 0 Å². The number of nitrogens with zero attached hydrogens (tertiary/aromatic N) is 3. The minimum Gasteiger partial charge on any atom is -0.362 e. The van der Waals surface area contributed by atoms with Gasteiger partial charge in [0.15, 0.2) is 5.13 Å².